The lowest BCUT2D eigenvalue weighted by molar-refractivity contribution is -0.187. The number of hydrogen-bond donors (Lipinski definition) is 1. The summed E-state index contributed by atoms with van der Waals surface area (Å²) in [6.45, 7) is 0.130. The van der Waals surface area contributed by atoms with Crippen LogP contribution in [0.3, 0.4) is 0 Å². The number of nitrogens with two attached hydrogens (primary N) is 1. The number of aromatic nitrogens is 3. The Bertz CT molecular complexity index is 953. The highest BCUT2D eigenvalue weighted by Gasteiger charge is 2.62. The number of alkyl halides is 3. The van der Waals surface area contributed by atoms with Crippen LogP contribution in [0.15, 0.2) is 42.6 Å². The Labute approximate surface area is 146 Å². The first-order valence-electron chi connectivity index (χ1n) is 8.05. The molecule has 0 aliphatic carbocycles. The lowest BCUT2D eigenvalue weighted by Crippen LogP contribution is -2.53. The van der Waals surface area contributed by atoms with Gasteiger partial charge in [0.2, 0.25) is 5.95 Å². The zero-order valence-corrected chi connectivity index (χ0v) is 13.5. The maximum absolute atomic E-state index is 14.3. The number of nitrogen functional groups attached to an aromatic ring is 1. The van der Waals surface area contributed by atoms with Crippen LogP contribution in [0.1, 0.15) is 18.4 Å². The molecule has 2 N–H and O–H groups in total. The largest absolute Gasteiger partial charge is 0.415 e. The molecule has 0 radical (unpaired) electrons. The van der Waals surface area contributed by atoms with E-state index in [2.05, 4.69) is 10.1 Å². The van der Waals surface area contributed by atoms with E-state index in [1.54, 1.807) is 18.2 Å². The minimum absolute atomic E-state index is 0.00367. The third kappa shape index (κ3) is 2.23. The van der Waals surface area contributed by atoms with Crippen LogP contribution in [0, 0.1) is 5.95 Å². The highest BCUT2D eigenvalue weighted by atomic mass is 19.4. The number of hydrogen-bond acceptors (Lipinski definition) is 4. The smallest absolute Gasteiger partial charge is 0.393 e. The fraction of sp³-hybridized carbons (Fsp3) is 0.294. The van der Waals surface area contributed by atoms with Crippen LogP contribution in [0.2, 0.25) is 0 Å². The van der Waals surface area contributed by atoms with Crippen molar-refractivity contribution < 1.29 is 17.6 Å². The average Bonchev–Trinajstić information content (AvgIpc) is 3.18. The minimum Gasteiger partial charge on any atom is -0.393 e. The predicted molar refractivity (Wildman–Crippen MR) is 88.1 cm³/mol. The first-order chi connectivity index (χ1) is 12.3. The van der Waals surface area contributed by atoms with Gasteiger partial charge in [-0.25, -0.2) is 4.52 Å². The molecule has 1 fully saturated rings. The van der Waals surface area contributed by atoms with E-state index in [-0.39, 0.29) is 35.7 Å². The van der Waals surface area contributed by atoms with Crippen LogP contribution >= 0.6 is 0 Å². The zero-order chi connectivity index (χ0) is 18.5. The van der Waals surface area contributed by atoms with Crippen LogP contribution in [-0.2, 0) is 5.54 Å². The highest BCUT2D eigenvalue weighted by molar-refractivity contribution is 5.79. The molecule has 0 spiro atoms. The van der Waals surface area contributed by atoms with Crippen molar-refractivity contribution in [3.8, 4) is 0 Å². The standard InChI is InChI=1S/C17H15F4N5/c18-12-7-10-26-14(23-12)13(22)15(24-26)25-9-4-8-16(25,17(19,20)21)11-5-2-1-3-6-11/h1-3,5-7,10H,4,8-9,22H2. The molecule has 0 saturated carbocycles. The third-order valence-electron chi connectivity index (χ3n) is 4.82. The summed E-state index contributed by atoms with van der Waals surface area (Å²) in [5.74, 6) is -0.816. The molecule has 2 aromatic heterocycles. The lowest BCUT2D eigenvalue weighted by atomic mass is 9.86. The zero-order valence-electron chi connectivity index (χ0n) is 13.5. The van der Waals surface area contributed by atoms with Gasteiger partial charge in [0.05, 0.1) is 0 Å². The van der Waals surface area contributed by atoms with Crippen LogP contribution in [0.5, 0.6) is 0 Å². The summed E-state index contributed by atoms with van der Waals surface area (Å²) in [4.78, 5) is 4.82. The molecule has 1 unspecified atom stereocenters. The van der Waals surface area contributed by atoms with Gasteiger partial charge in [0.1, 0.15) is 5.69 Å². The van der Waals surface area contributed by atoms with E-state index < -0.39 is 17.7 Å². The molecule has 0 bridgehead atoms. The Morgan fingerprint density at radius 2 is 1.85 bits per heavy atom. The second kappa shape index (κ2) is 5.58. The summed E-state index contributed by atoms with van der Waals surface area (Å²) < 4.78 is 57.5. The van der Waals surface area contributed by atoms with Gasteiger partial charge in [-0.2, -0.15) is 22.5 Å². The fourth-order valence-corrected chi connectivity index (χ4v) is 3.69. The van der Waals surface area contributed by atoms with Crippen molar-refractivity contribution in [2.75, 3.05) is 17.2 Å². The molecule has 1 saturated heterocycles. The molecule has 26 heavy (non-hydrogen) atoms. The van der Waals surface area contributed by atoms with Crippen LogP contribution in [0.25, 0.3) is 5.65 Å². The van der Waals surface area contributed by atoms with Gasteiger partial charge in [0, 0.05) is 18.8 Å². The number of halogens is 4. The Morgan fingerprint density at radius 1 is 1.12 bits per heavy atom. The van der Waals surface area contributed by atoms with E-state index in [0.717, 1.165) is 6.07 Å². The molecule has 136 valence electrons. The molecule has 4 rings (SSSR count). The number of benzene rings is 1. The van der Waals surface area contributed by atoms with Crippen LogP contribution in [0.4, 0.5) is 29.1 Å². The molecule has 3 aromatic rings. The Kier molecular flexibility index (Phi) is 3.57. The normalized spacial score (nSPS) is 20.8. The number of fused-ring (bicyclic) bond motifs is 1. The molecule has 5 nitrogen and oxygen atoms in total. The fourth-order valence-electron chi connectivity index (χ4n) is 3.69. The SMILES string of the molecule is Nc1c(N2CCCC2(c2ccccc2)C(F)(F)F)nn2ccc(F)nc12. The van der Waals surface area contributed by atoms with E-state index in [1.807, 2.05) is 0 Å². The van der Waals surface area contributed by atoms with Gasteiger partial charge in [-0.05, 0) is 18.4 Å². The molecular formula is C17H15F4N5. The molecule has 1 aliphatic heterocycles. The molecular weight excluding hydrogens is 350 g/mol. The van der Waals surface area contributed by atoms with Crippen LogP contribution in [-0.4, -0.2) is 27.3 Å². The highest BCUT2D eigenvalue weighted by Crippen LogP contribution is 2.53. The maximum Gasteiger partial charge on any atom is 0.415 e. The Morgan fingerprint density at radius 3 is 2.54 bits per heavy atom. The van der Waals surface area contributed by atoms with E-state index in [9.17, 15) is 17.6 Å². The first-order valence-corrected chi connectivity index (χ1v) is 8.05. The Balaban J connectivity index is 1.94. The summed E-state index contributed by atoms with van der Waals surface area (Å²) in [5.41, 5.74) is 3.82. The molecule has 1 aliphatic rings. The summed E-state index contributed by atoms with van der Waals surface area (Å²) in [7, 11) is 0. The molecule has 1 atom stereocenters. The molecule has 1 aromatic carbocycles. The Hall–Kier alpha value is -2.84. The van der Waals surface area contributed by atoms with Crippen molar-refractivity contribution in [1.29, 1.82) is 0 Å². The predicted octanol–water partition coefficient (Wildman–Crippen LogP) is 3.51. The van der Waals surface area contributed by atoms with E-state index in [1.165, 1.54) is 27.7 Å². The monoisotopic (exact) mass is 365 g/mol. The summed E-state index contributed by atoms with van der Waals surface area (Å²) in [5, 5.41) is 4.16. The third-order valence-corrected chi connectivity index (χ3v) is 4.82. The average molecular weight is 365 g/mol. The van der Waals surface area contributed by atoms with Gasteiger partial charge in [-0.3, -0.25) is 0 Å². The summed E-state index contributed by atoms with van der Waals surface area (Å²) in [6.07, 6.45) is -3.06. The lowest BCUT2D eigenvalue weighted by Gasteiger charge is -2.40. The number of rotatable bonds is 2. The van der Waals surface area contributed by atoms with Crippen molar-refractivity contribution in [2.24, 2.45) is 0 Å². The molecule has 0 amide bonds. The van der Waals surface area contributed by atoms with Crippen molar-refractivity contribution in [2.45, 2.75) is 24.6 Å². The van der Waals surface area contributed by atoms with Crippen molar-refractivity contribution in [1.82, 2.24) is 14.6 Å². The minimum atomic E-state index is -4.55. The van der Waals surface area contributed by atoms with E-state index in [0.29, 0.717) is 6.42 Å². The maximum atomic E-state index is 14.3. The quantitative estimate of drug-likeness (QED) is 0.558. The van der Waals surface area contributed by atoms with Gasteiger partial charge >= 0.3 is 6.18 Å². The van der Waals surface area contributed by atoms with Crippen molar-refractivity contribution in [3.05, 3.63) is 54.1 Å². The van der Waals surface area contributed by atoms with Crippen LogP contribution < -0.4 is 10.6 Å². The van der Waals surface area contributed by atoms with E-state index >= 15 is 0 Å². The van der Waals surface area contributed by atoms with Gasteiger partial charge in [0.25, 0.3) is 0 Å². The van der Waals surface area contributed by atoms with Gasteiger partial charge < -0.3 is 10.6 Å². The molecule has 9 heteroatoms. The first kappa shape index (κ1) is 16.6. The summed E-state index contributed by atoms with van der Waals surface area (Å²) >= 11 is 0. The van der Waals surface area contributed by atoms with Crippen molar-refractivity contribution in [3.63, 3.8) is 0 Å². The summed E-state index contributed by atoms with van der Waals surface area (Å²) in [6, 6.07) is 8.79. The second-order valence-corrected chi connectivity index (χ2v) is 6.23. The van der Waals surface area contributed by atoms with Gasteiger partial charge in [-0.1, -0.05) is 30.3 Å². The topological polar surface area (TPSA) is 59.5 Å². The molecule has 3 heterocycles. The van der Waals surface area contributed by atoms with Gasteiger partial charge in [-0.15, -0.1) is 5.10 Å². The van der Waals surface area contributed by atoms with E-state index in [4.69, 9.17) is 5.73 Å². The second-order valence-electron chi connectivity index (χ2n) is 6.23. The van der Waals surface area contributed by atoms with Gasteiger partial charge in [0.15, 0.2) is 17.0 Å². The number of anilines is 2. The van der Waals surface area contributed by atoms with Crippen molar-refractivity contribution >= 4 is 17.2 Å². The number of nitrogens with zero attached hydrogens (tertiary/aromatic N) is 4.